The van der Waals surface area contributed by atoms with Crippen molar-refractivity contribution in [1.82, 2.24) is 5.32 Å². The molecule has 20 heavy (non-hydrogen) atoms. The number of rotatable bonds is 3. The molecule has 1 fully saturated rings. The molecule has 0 unspecified atom stereocenters. The molecule has 0 aliphatic heterocycles. The average Bonchev–Trinajstić information content (AvgIpc) is 2.86. The van der Waals surface area contributed by atoms with Gasteiger partial charge in [0.2, 0.25) is 0 Å². The highest BCUT2D eigenvalue weighted by Gasteiger charge is 2.39. The molecule has 5 nitrogen and oxygen atoms in total. The lowest BCUT2D eigenvalue weighted by atomic mass is 9.95. The average molecular weight is 275 g/mol. The minimum absolute atomic E-state index is 0.0905. The number of benzene rings is 1. The van der Waals surface area contributed by atoms with Crippen LogP contribution in [0.4, 0.5) is 0 Å². The van der Waals surface area contributed by atoms with Crippen molar-refractivity contribution in [3.8, 4) is 0 Å². The van der Waals surface area contributed by atoms with Gasteiger partial charge >= 0.3 is 0 Å². The second kappa shape index (κ2) is 5.53. The quantitative estimate of drug-likeness (QED) is 0.341. The summed E-state index contributed by atoms with van der Waals surface area (Å²) in [7, 11) is 0. The van der Waals surface area contributed by atoms with E-state index in [0.29, 0.717) is 18.4 Å². The molecular weight excluding hydrogens is 254 g/mol. The maximum Gasteiger partial charge on any atom is 0.252 e. The van der Waals surface area contributed by atoms with E-state index in [-0.39, 0.29) is 11.7 Å². The molecule has 1 aromatic rings. The second-order valence-corrected chi connectivity index (χ2v) is 5.60. The van der Waals surface area contributed by atoms with Gasteiger partial charge in [0.25, 0.3) is 5.91 Å². The number of nitrogens with two attached hydrogens (primary N) is 1. The Labute approximate surface area is 118 Å². The SMILES string of the molecule is Cc1cc(C)cc(C(=O)NC2(/C(N)=N/O)CCCC2)c1. The van der Waals surface area contributed by atoms with E-state index in [1.165, 1.54) is 0 Å². The summed E-state index contributed by atoms with van der Waals surface area (Å²) in [5.41, 5.74) is 7.77. The fourth-order valence-corrected chi connectivity index (χ4v) is 2.91. The number of amidine groups is 1. The number of hydrogen-bond acceptors (Lipinski definition) is 3. The molecule has 0 saturated heterocycles. The molecule has 1 aliphatic rings. The second-order valence-electron chi connectivity index (χ2n) is 5.60. The van der Waals surface area contributed by atoms with Gasteiger partial charge < -0.3 is 16.3 Å². The van der Waals surface area contributed by atoms with E-state index in [2.05, 4.69) is 10.5 Å². The number of amides is 1. The number of carbonyl (C=O) groups is 1. The highest BCUT2D eigenvalue weighted by molar-refractivity contribution is 6.00. The van der Waals surface area contributed by atoms with E-state index in [1.54, 1.807) is 0 Å². The van der Waals surface area contributed by atoms with E-state index < -0.39 is 5.54 Å². The van der Waals surface area contributed by atoms with Gasteiger partial charge in [0.1, 0.15) is 5.54 Å². The van der Waals surface area contributed by atoms with Crippen LogP contribution in [0.5, 0.6) is 0 Å². The van der Waals surface area contributed by atoms with Crippen molar-refractivity contribution in [2.45, 2.75) is 45.1 Å². The standard InChI is InChI=1S/C15H21N3O2/c1-10-7-11(2)9-12(8-10)13(19)17-15(14(16)18-20)5-3-4-6-15/h7-9,20H,3-6H2,1-2H3,(H2,16,18)(H,17,19). The summed E-state index contributed by atoms with van der Waals surface area (Å²) in [6.45, 7) is 3.91. The van der Waals surface area contributed by atoms with Crippen LogP contribution in [0.3, 0.4) is 0 Å². The van der Waals surface area contributed by atoms with Crippen LogP contribution in [0.25, 0.3) is 0 Å². The van der Waals surface area contributed by atoms with Crippen LogP contribution in [-0.2, 0) is 0 Å². The Morgan fingerprint density at radius 3 is 2.30 bits per heavy atom. The zero-order valence-electron chi connectivity index (χ0n) is 11.9. The smallest absolute Gasteiger partial charge is 0.252 e. The molecule has 0 atom stereocenters. The van der Waals surface area contributed by atoms with Gasteiger partial charge in [-0.3, -0.25) is 4.79 Å². The minimum Gasteiger partial charge on any atom is -0.409 e. The zero-order valence-corrected chi connectivity index (χ0v) is 11.9. The zero-order chi connectivity index (χ0) is 14.8. The Morgan fingerprint density at radius 1 is 1.25 bits per heavy atom. The number of hydrogen-bond donors (Lipinski definition) is 3. The predicted octanol–water partition coefficient (Wildman–Crippen LogP) is 2.09. The van der Waals surface area contributed by atoms with Crippen LogP contribution in [0.2, 0.25) is 0 Å². The van der Waals surface area contributed by atoms with Crippen LogP contribution < -0.4 is 11.1 Å². The van der Waals surface area contributed by atoms with Gasteiger partial charge in [0.05, 0.1) is 0 Å². The van der Waals surface area contributed by atoms with Gasteiger partial charge in [-0.15, -0.1) is 0 Å². The normalized spacial score (nSPS) is 18.0. The van der Waals surface area contributed by atoms with E-state index in [9.17, 15) is 4.79 Å². The highest BCUT2D eigenvalue weighted by atomic mass is 16.4. The number of oxime groups is 1. The Balaban J connectivity index is 2.25. The third-order valence-corrected chi connectivity index (χ3v) is 3.89. The first-order chi connectivity index (χ1) is 9.47. The molecule has 1 saturated carbocycles. The third kappa shape index (κ3) is 2.76. The molecule has 0 aromatic heterocycles. The molecule has 4 N–H and O–H groups in total. The Hall–Kier alpha value is -2.04. The van der Waals surface area contributed by atoms with Gasteiger partial charge in [0.15, 0.2) is 5.84 Å². The topological polar surface area (TPSA) is 87.7 Å². The summed E-state index contributed by atoms with van der Waals surface area (Å²) in [5.74, 6) is -0.0852. The molecule has 108 valence electrons. The van der Waals surface area contributed by atoms with Gasteiger partial charge in [-0.25, -0.2) is 0 Å². The maximum absolute atomic E-state index is 12.4. The van der Waals surface area contributed by atoms with Gasteiger partial charge in [-0.1, -0.05) is 35.2 Å². The van der Waals surface area contributed by atoms with Crippen LogP contribution in [0, 0.1) is 13.8 Å². The number of carbonyl (C=O) groups excluding carboxylic acids is 1. The first-order valence-corrected chi connectivity index (χ1v) is 6.86. The molecule has 5 heteroatoms. The van der Waals surface area contributed by atoms with Crippen molar-refractivity contribution < 1.29 is 10.0 Å². The number of aryl methyl sites for hydroxylation is 2. The molecular formula is C15H21N3O2. The van der Waals surface area contributed by atoms with E-state index in [0.717, 1.165) is 24.0 Å². The molecule has 1 amide bonds. The Kier molecular flexibility index (Phi) is 3.97. The lowest BCUT2D eigenvalue weighted by molar-refractivity contribution is 0.0922. The summed E-state index contributed by atoms with van der Waals surface area (Å²) >= 11 is 0. The number of nitrogens with one attached hydrogen (secondary N) is 1. The van der Waals surface area contributed by atoms with Crippen molar-refractivity contribution in [2.75, 3.05) is 0 Å². The monoisotopic (exact) mass is 275 g/mol. The predicted molar refractivity (Wildman–Crippen MR) is 78.0 cm³/mol. The van der Waals surface area contributed by atoms with E-state index >= 15 is 0 Å². The first-order valence-electron chi connectivity index (χ1n) is 6.86. The van der Waals surface area contributed by atoms with E-state index in [4.69, 9.17) is 10.9 Å². The van der Waals surface area contributed by atoms with Crippen molar-refractivity contribution in [3.05, 3.63) is 34.9 Å². The molecule has 2 rings (SSSR count). The largest absolute Gasteiger partial charge is 0.409 e. The minimum atomic E-state index is -0.705. The fourth-order valence-electron chi connectivity index (χ4n) is 2.91. The molecule has 0 spiro atoms. The molecule has 0 radical (unpaired) electrons. The van der Waals surface area contributed by atoms with E-state index in [1.807, 2.05) is 32.0 Å². The fraction of sp³-hybridized carbons (Fsp3) is 0.467. The van der Waals surface area contributed by atoms with Gasteiger partial charge in [0, 0.05) is 5.56 Å². The molecule has 0 bridgehead atoms. The Bertz CT molecular complexity index is 526. The summed E-state index contributed by atoms with van der Waals surface area (Å²) in [5, 5.41) is 15.0. The summed E-state index contributed by atoms with van der Waals surface area (Å²) in [4.78, 5) is 12.4. The summed E-state index contributed by atoms with van der Waals surface area (Å²) < 4.78 is 0. The van der Waals surface area contributed by atoms with Crippen LogP contribution in [0.15, 0.2) is 23.4 Å². The van der Waals surface area contributed by atoms with Crippen LogP contribution >= 0.6 is 0 Å². The summed E-state index contributed by atoms with van der Waals surface area (Å²) in [6.07, 6.45) is 3.34. The lowest BCUT2D eigenvalue weighted by Crippen LogP contribution is -2.55. The van der Waals surface area contributed by atoms with Crippen molar-refractivity contribution in [1.29, 1.82) is 0 Å². The van der Waals surface area contributed by atoms with Crippen LogP contribution in [0.1, 0.15) is 47.2 Å². The lowest BCUT2D eigenvalue weighted by Gasteiger charge is -2.28. The van der Waals surface area contributed by atoms with Crippen molar-refractivity contribution in [2.24, 2.45) is 10.9 Å². The molecule has 1 aliphatic carbocycles. The van der Waals surface area contributed by atoms with Crippen molar-refractivity contribution in [3.63, 3.8) is 0 Å². The Morgan fingerprint density at radius 2 is 1.80 bits per heavy atom. The van der Waals surface area contributed by atoms with Crippen molar-refractivity contribution >= 4 is 11.7 Å². The van der Waals surface area contributed by atoms with Gasteiger partial charge in [-0.2, -0.15) is 0 Å². The third-order valence-electron chi connectivity index (χ3n) is 3.89. The number of nitrogens with zero attached hydrogens (tertiary/aromatic N) is 1. The van der Waals surface area contributed by atoms with Crippen LogP contribution in [-0.4, -0.2) is 22.5 Å². The summed E-state index contributed by atoms with van der Waals surface area (Å²) in [6, 6.07) is 5.71. The molecule has 0 heterocycles. The first kappa shape index (κ1) is 14.4. The maximum atomic E-state index is 12.4. The molecule has 1 aromatic carbocycles. The highest BCUT2D eigenvalue weighted by Crippen LogP contribution is 2.30. The van der Waals surface area contributed by atoms with Gasteiger partial charge in [-0.05, 0) is 38.8 Å².